The third-order valence-corrected chi connectivity index (χ3v) is 3.94. The minimum Gasteiger partial charge on any atom is -0.329 e. The van der Waals surface area contributed by atoms with Crippen LogP contribution in [0.15, 0.2) is 41.8 Å². The Hall–Kier alpha value is -1.75. The molecule has 1 aromatic carbocycles. The van der Waals surface area contributed by atoms with Crippen molar-refractivity contribution in [3.05, 3.63) is 42.2 Å². The molecular formula is C15H19N3OS. The van der Waals surface area contributed by atoms with Crippen LogP contribution in [0.2, 0.25) is 0 Å². The van der Waals surface area contributed by atoms with E-state index in [2.05, 4.69) is 29.4 Å². The van der Waals surface area contributed by atoms with Gasteiger partial charge < -0.3 is 9.88 Å². The molecule has 0 aliphatic rings. The van der Waals surface area contributed by atoms with Crippen LogP contribution in [-0.2, 0) is 18.3 Å². The summed E-state index contributed by atoms with van der Waals surface area (Å²) in [5.74, 6) is 0.350. The van der Waals surface area contributed by atoms with Crippen LogP contribution in [0.3, 0.4) is 0 Å². The van der Waals surface area contributed by atoms with Crippen molar-refractivity contribution in [2.24, 2.45) is 7.05 Å². The summed E-state index contributed by atoms with van der Waals surface area (Å²) in [5, 5.41) is 3.74. The number of anilines is 1. The summed E-state index contributed by atoms with van der Waals surface area (Å²) in [5.41, 5.74) is 2.14. The van der Waals surface area contributed by atoms with Crippen LogP contribution in [-0.4, -0.2) is 21.2 Å². The van der Waals surface area contributed by atoms with E-state index in [4.69, 9.17) is 0 Å². The van der Waals surface area contributed by atoms with Gasteiger partial charge >= 0.3 is 0 Å². The topological polar surface area (TPSA) is 46.9 Å². The lowest BCUT2D eigenvalue weighted by Gasteiger charge is -2.06. The average molecular weight is 289 g/mol. The van der Waals surface area contributed by atoms with Crippen molar-refractivity contribution in [2.45, 2.75) is 24.9 Å². The number of rotatable bonds is 6. The second-order valence-electron chi connectivity index (χ2n) is 4.60. The lowest BCUT2D eigenvalue weighted by atomic mass is 10.1. The molecule has 0 aliphatic heterocycles. The molecule has 0 bridgehead atoms. The maximum atomic E-state index is 11.9. The van der Waals surface area contributed by atoms with Crippen molar-refractivity contribution in [1.29, 1.82) is 0 Å². The van der Waals surface area contributed by atoms with Gasteiger partial charge in [0.25, 0.3) is 0 Å². The minimum atomic E-state index is -0.0127. The monoisotopic (exact) mass is 289 g/mol. The SMILES string of the molecule is CCCc1ccc(NC(=O)CSc2nccn2C)cc1. The van der Waals surface area contributed by atoms with Crippen LogP contribution in [0.4, 0.5) is 5.69 Å². The second-order valence-corrected chi connectivity index (χ2v) is 5.55. The molecule has 0 saturated carbocycles. The first kappa shape index (κ1) is 14.7. The predicted molar refractivity (Wildman–Crippen MR) is 83.0 cm³/mol. The number of nitrogens with zero attached hydrogens (tertiary/aromatic N) is 2. The molecule has 2 aromatic rings. The van der Waals surface area contributed by atoms with Crippen LogP contribution < -0.4 is 5.32 Å². The fourth-order valence-corrected chi connectivity index (χ4v) is 2.59. The number of aromatic nitrogens is 2. The Balaban J connectivity index is 1.83. The van der Waals surface area contributed by atoms with Crippen molar-refractivity contribution >= 4 is 23.4 Å². The third-order valence-electron chi connectivity index (χ3n) is 2.89. The van der Waals surface area contributed by atoms with Gasteiger partial charge in [-0.3, -0.25) is 4.79 Å². The Kier molecular flexibility index (Phi) is 5.24. The van der Waals surface area contributed by atoms with Crippen molar-refractivity contribution in [3.8, 4) is 0 Å². The Labute approximate surface area is 123 Å². The number of thioether (sulfide) groups is 1. The highest BCUT2D eigenvalue weighted by Crippen LogP contribution is 2.16. The van der Waals surface area contributed by atoms with E-state index in [9.17, 15) is 4.79 Å². The molecule has 0 spiro atoms. The first-order valence-electron chi connectivity index (χ1n) is 6.68. The van der Waals surface area contributed by atoms with Crippen LogP contribution in [0.1, 0.15) is 18.9 Å². The average Bonchev–Trinajstić information content (AvgIpc) is 2.84. The molecule has 0 radical (unpaired) electrons. The van der Waals surface area contributed by atoms with Gasteiger partial charge in [-0.1, -0.05) is 37.2 Å². The molecule has 106 valence electrons. The minimum absolute atomic E-state index is 0.0127. The largest absolute Gasteiger partial charge is 0.329 e. The van der Waals surface area contributed by atoms with Crippen LogP contribution in [0, 0.1) is 0 Å². The number of imidazole rings is 1. The first-order chi connectivity index (χ1) is 9.69. The van der Waals surface area contributed by atoms with Crippen LogP contribution in [0.25, 0.3) is 0 Å². The Morgan fingerprint density at radius 2 is 2.10 bits per heavy atom. The zero-order valence-electron chi connectivity index (χ0n) is 11.8. The summed E-state index contributed by atoms with van der Waals surface area (Å²) in [6, 6.07) is 8.03. The van der Waals surface area contributed by atoms with E-state index in [0.717, 1.165) is 23.7 Å². The standard InChI is InChI=1S/C15H19N3OS/c1-3-4-12-5-7-13(8-6-12)17-14(19)11-20-15-16-9-10-18(15)2/h5-10H,3-4,11H2,1-2H3,(H,17,19). The lowest BCUT2D eigenvalue weighted by Crippen LogP contribution is -2.14. The zero-order chi connectivity index (χ0) is 14.4. The van der Waals surface area contributed by atoms with E-state index in [1.807, 2.05) is 29.9 Å². The molecule has 1 amide bonds. The van der Waals surface area contributed by atoms with E-state index in [1.165, 1.54) is 17.3 Å². The van der Waals surface area contributed by atoms with E-state index in [0.29, 0.717) is 5.75 Å². The summed E-state index contributed by atoms with van der Waals surface area (Å²) in [7, 11) is 1.92. The Morgan fingerprint density at radius 3 is 2.70 bits per heavy atom. The van der Waals surface area contributed by atoms with E-state index in [1.54, 1.807) is 6.20 Å². The van der Waals surface area contributed by atoms with Gasteiger partial charge in [0.2, 0.25) is 5.91 Å². The van der Waals surface area contributed by atoms with E-state index in [-0.39, 0.29) is 5.91 Å². The van der Waals surface area contributed by atoms with Gasteiger partial charge in [-0.2, -0.15) is 0 Å². The maximum absolute atomic E-state index is 11.9. The molecule has 1 N–H and O–H groups in total. The molecule has 2 rings (SSSR count). The molecule has 4 nitrogen and oxygen atoms in total. The molecule has 0 unspecified atom stereocenters. The van der Waals surface area contributed by atoms with Crippen molar-refractivity contribution in [2.75, 3.05) is 11.1 Å². The molecule has 1 heterocycles. The second kappa shape index (κ2) is 7.14. The van der Waals surface area contributed by atoms with Gasteiger partial charge in [0.15, 0.2) is 5.16 Å². The molecular weight excluding hydrogens is 270 g/mol. The molecule has 0 atom stereocenters. The number of carbonyl (C=O) groups excluding carboxylic acids is 1. The summed E-state index contributed by atoms with van der Waals surface area (Å²) < 4.78 is 1.90. The summed E-state index contributed by atoms with van der Waals surface area (Å²) in [6.07, 6.45) is 5.80. The van der Waals surface area contributed by atoms with Gasteiger partial charge in [0, 0.05) is 25.1 Å². The first-order valence-corrected chi connectivity index (χ1v) is 7.66. The highest BCUT2D eigenvalue weighted by atomic mass is 32.2. The normalized spacial score (nSPS) is 10.5. The number of amides is 1. The van der Waals surface area contributed by atoms with Crippen molar-refractivity contribution in [3.63, 3.8) is 0 Å². The summed E-state index contributed by atoms with van der Waals surface area (Å²) in [4.78, 5) is 16.0. The van der Waals surface area contributed by atoms with Crippen LogP contribution >= 0.6 is 11.8 Å². The number of hydrogen-bond acceptors (Lipinski definition) is 3. The molecule has 0 saturated heterocycles. The lowest BCUT2D eigenvalue weighted by molar-refractivity contribution is -0.113. The molecule has 20 heavy (non-hydrogen) atoms. The van der Waals surface area contributed by atoms with Gasteiger partial charge in [-0.05, 0) is 24.1 Å². The summed E-state index contributed by atoms with van der Waals surface area (Å²) >= 11 is 1.43. The quantitative estimate of drug-likeness (QED) is 0.831. The fourth-order valence-electron chi connectivity index (χ4n) is 1.86. The fraction of sp³-hybridized carbons (Fsp3) is 0.333. The molecule has 5 heteroatoms. The third kappa shape index (κ3) is 4.13. The molecule has 1 aromatic heterocycles. The number of nitrogens with one attached hydrogen (secondary N) is 1. The van der Waals surface area contributed by atoms with Gasteiger partial charge in [0.05, 0.1) is 5.75 Å². The smallest absolute Gasteiger partial charge is 0.234 e. The number of hydrogen-bond donors (Lipinski definition) is 1. The number of aryl methyl sites for hydroxylation is 2. The Morgan fingerprint density at radius 1 is 1.35 bits per heavy atom. The zero-order valence-corrected chi connectivity index (χ0v) is 12.6. The van der Waals surface area contributed by atoms with Crippen LogP contribution in [0.5, 0.6) is 0 Å². The Bertz CT molecular complexity index is 563. The number of carbonyl (C=O) groups is 1. The highest BCUT2D eigenvalue weighted by Gasteiger charge is 2.06. The van der Waals surface area contributed by atoms with Gasteiger partial charge in [-0.15, -0.1) is 0 Å². The highest BCUT2D eigenvalue weighted by molar-refractivity contribution is 7.99. The van der Waals surface area contributed by atoms with E-state index < -0.39 is 0 Å². The molecule has 0 fully saturated rings. The number of benzene rings is 1. The summed E-state index contributed by atoms with van der Waals surface area (Å²) in [6.45, 7) is 2.16. The van der Waals surface area contributed by atoms with Crippen molar-refractivity contribution in [1.82, 2.24) is 9.55 Å². The molecule has 0 aliphatic carbocycles. The predicted octanol–water partition coefficient (Wildman–Crippen LogP) is 3.10. The van der Waals surface area contributed by atoms with Gasteiger partial charge in [-0.25, -0.2) is 4.98 Å². The van der Waals surface area contributed by atoms with Crippen molar-refractivity contribution < 1.29 is 4.79 Å². The maximum Gasteiger partial charge on any atom is 0.234 e. The van der Waals surface area contributed by atoms with Gasteiger partial charge in [0.1, 0.15) is 0 Å². The van der Waals surface area contributed by atoms with E-state index >= 15 is 0 Å².